The smallest absolute Gasteiger partial charge is 0.147 e. The van der Waals surface area contributed by atoms with Crippen LogP contribution in [0, 0.1) is 0 Å². The lowest BCUT2D eigenvalue weighted by Gasteiger charge is -2.31. The Bertz CT molecular complexity index is 349. The normalized spacial score (nSPS) is 16.8. The van der Waals surface area contributed by atoms with Gasteiger partial charge in [-0.25, -0.2) is 4.98 Å². The molecular weight excluding hydrogens is 228 g/mol. The van der Waals surface area contributed by atoms with Gasteiger partial charge in [0.2, 0.25) is 0 Å². The molecule has 2 rings (SSSR count). The van der Waals surface area contributed by atoms with Gasteiger partial charge in [-0.15, -0.1) is 0 Å². The van der Waals surface area contributed by atoms with Crippen molar-refractivity contribution in [2.45, 2.75) is 32.4 Å². The molecule has 0 radical (unpaired) electrons. The van der Waals surface area contributed by atoms with E-state index in [9.17, 15) is 0 Å². The molecule has 0 unspecified atom stereocenters. The van der Waals surface area contributed by atoms with Crippen molar-refractivity contribution in [1.29, 1.82) is 0 Å². The predicted octanol–water partition coefficient (Wildman–Crippen LogP) is 1.20. The molecule has 0 amide bonds. The van der Waals surface area contributed by atoms with Crippen molar-refractivity contribution in [3.05, 3.63) is 18.1 Å². The lowest BCUT2D eigenvalue weighted by atomic mass is 10.1. The van der Waals surface area contributed by atoms with Gasteiger partial charge in [0.25, 0.3) is 0 Å². The molecule has 0 aromatic carbocycles. The average molecular weight is 250 g/mol. The summed E-state index contributed by atoms with van der Waals surface area (Å²) in [5.74, 6) is 0.946. The number of ether oxygens (including phenoxy) is 1. The molecule has 100 valence electrons. The van der Waals surface area contributed by atoms with Crippen LogP contribution in [0.5, 0.6) is 0 Å². The molecule has 0 bridgehead atoms. The van der Waals surface area contributed by atoms with E-state index < -0.39 is 0 Å². The molecule has 18 heavy (non-hydrogen) atoms. The summed E-state index contributed by atoms with van der Waals surface area (Å²) >= 11 is 0. The van der Waals surface area contributed by atoms with Crippen LogP contribution in [-0.4, -0.2) is 42.8 Å². The maximum atomic E-state index is 5.38. The molecule has 2 heterocycles. The summed E-state index contributed by atoms with van der Waals surface area (Å²) in [4.78, 5) is 11.1. The van der Waals surface area contributed by atoms with E-state index in [2.05, 4.69) is 34.2 Å². The van der Waals surface area contributed by atoms with Gasteiger partial charge in [-0.05, 0) is 19.4 Å². The van der Waals surface area contributed by atoms with Gasteiger partial charge in [-0.3, -0.25) is 4.98 Å². The van der Waals surface area contributed by atoms with Gasteiger partial charge in [0.15, 0.2) is 0 Å². The van der Waals surface area contributed by atoms with Crippen molar-refractivity contribution in [2.75, 3.05) is 31.7 Å². The molecular formula is C13H22N4O. The topological polar surface area (TPSA) is 50.3 Å². The van der Waals surface area contributed by atoms with Gasteiger partial charge >= 0.3 is 0 Å². The first-order chi connectivity index (χ1) is 8.81. The quantitative estimate of drug-likeness (QED) is 0.851. The summed E-state index contributed by atoms with van der Waals surface area (Å²) in [5, 5.41) is 3.24. The number of nitrogens with one attached hydrogen (secondary N) is 1. The molecule has 1 aliphatic rings. The Morgan fingerprint density at radius 2 is 2.11 bits per heavy atom. The first-order valence-corrected chi connectivity index (χ1v) is 6.63. The lowest BCUT2D eigenvalue weighted by molar-refractivity contribution is 0.0853. The third-order valence-corrected chi connectivity index (χ3v) is 3.35. The van der Waals surface area contributed by atoms with Crippen LogP contribution in [-0.2, 0) is 11.3 Å². The monoisotopic (exact) mass is 250 g/mol. The number of anilines is 1. The van der Waals surface area contributed by atoms with E-state index >= 15 is 0 Å². The Hall–Kier alpha value is -1.20. The summed E-state index contributed by atoms with van der Waals surface area (Å²) in [6, 6.07) is 0.521. The fourth-order valence-electron chi connectivity index (χ4n) is 2.13. The zero-order chi connectivity index (χ0) is 12.8. The highest BCUT2D eigenvalue weighted by molar-refractivity contribution is 5.36. The Morgan fingerprint density at radius 3 is 2.72 bits per heavy atom. The van der Waals surface area contributed by atoms with E-state index in [4.69, 9.17) is 4.74 Å². The summed E-state index contributed by atoms with van der Waals surface area (Å²) in [6.45, 7) is 5.51. The molecule has 0 saturated carbocycles. The average Bonchev–Trinajstić information content (AvgIpc) is 2.46. The molecule has 1 N–H and O–H groups in total. The first kappa shape index (κ1) is 13.2. The van der Waals surface area contributed by atoms with E-state index in [0.29, 0.717) is 6.04 Å². The van der Waals surface area contributed by atoms with Crippen molar-refractivity contribution in [3.8, 4) is 0 Å². The van der Waals surface area contributed by atoms with Gasteiger partial charge in [-0.2, -0.15) is 0 Å². The van der Waals surface area contributed by atoms with E-state index in [1.165, 1.54) is 0 Å². The van der Waals surface area contributed by atoms with Crippen molar-refractivity contribution in [1.82, 2.24) is 15.3 Å². The van der Waals surface area contributed by atoms with Crippen LogP contribution in [0.15, 0.2) is 12.4 Å². The molecule has 1 aromatic rings. The molecule has 1 saturated heterocycles. The van der Waals surface area contributed by atoms with E-state index in [-0.39, 0.29) is 0 Å². The molecule has 0 atom stereocenters. The Balaban J connectivity index is 1.95. The van der Waals surface area contributed by atoms with Gasteiger partial charge < -0.3 is 15.0 Å². The molecule has 1 aliphatic heterocycles. The van der Waals surface area contributed by atoms with Gasteiger partial charge in [-0.1, -0.05) is 6.92 Å². The Kier molecular flexibility index (Phi) is 4.90. The number of hydrogen-bond acceptors (Lipinski definition) is 5. The van der Waals surface area contributed by atoms with Crippen LogP contribution in [0.25, 0.3) is 0 Å². The second-order valence-electron chi connectivity index (χ2n) is 4.60. The predicted molar refractivity (Wildman–Crippen MR) is 71.7 cm³/mol. The lowest BCUT2D eigenvalue weighted by Crippen LogP contribution is -2.37. The van der Waals surface area contributed by atoms with Crippen molar-refractivity contribution >= 4 is 5.82 Å². The van der Waals surface area contributed by atoms with Gasteiger partial charge in [0.1, 0.15) is 5.82 Å². The minimum atomic E-state index is 0.521. The highest BCUT2D eigenvalue weighted by atomic mass is 16.5. The van der Waals surface area contributed by atoms with E-state index in [1.54, 1.807) is 0 Å². The third-order valence-electron chi connectivity index (χ3n) is 3.35. The summed E-state index contributed by atoms with van der Waals surface area (Å²) in [7, 11) is 2.09. The highest BCUT2D eigenvalue weighted by Crippen LogP contribution is 2.18. The van der Waals surface area contributed by atoms with Crippen molar-refractivity contribution in [2.24, 2.45) is 0 Å². The fourth-order valence-corrected chi connectivity index (χ4v) is 2.13. The molecule has 1 aromatic heterocycles. The van der Waals surface area contributed by atoms with Crippen LogP contribution in [0.1, 0.15) is 25.5 Å². The zero-order valence-corrected chi connectivity index (χ0v) is 11.2. The standard InChI is InChI=1S/C13H22N4O/c1-3-14-8-11-9-16-13(10-15-11)17(2)12-4-6-18-7-5-12/h9-10,12,14H,3-8H2,1-2H3. The van der Waals surface area contributed by atoms with Crippen molar-refractivity contribution in [3.63, 3.8) is 0 Å². The molecule has 1 fully saturated rings. The Morgan fingerprint density at radius 1 is 1.33 bits per heavy atom. The molecule has 0 aliphatic carbocycles. The van der Waals surface area contributed by atoms with Crippen LogP contribution in [0.2, 0.25) is 0 Å². The number of rotatable bonds is 5. The van der Waals surface area contributed by atoms with Gasteiger partial charge in [0.05, 0.1) is 18.1 Å². The van der Waals surface area contributed by atoms with Gasteiger partial charge in [0, 0.05) is 32.8 Å². The van der Waals surface area contributed by atoms with Crippen LogP contribution in [0.4, 0.5) is 5.82 Å². The maximum absolute atomic E-state index is 5.38. The van der Waals surface area contributed by atoms with E-state index in [0.717, 1.165) is 50.7 Å². The second kappa shape index (κ2) is 6.66. The third kappa shape index (κ3) is 3.40. The SMILES string of the molecule is CCNCc1cnc(N(C)C2CCOCC2)cn1. The number of aromatic nitrogens is 2. The number of nitrogens with zero attached hydrogens (tertiary/aromatic N) is 3. The van der Waals surface area contributed by atoms with Crippen molar-refractivity contribution < 1.29 is 4.74 Å². The maximum Gasteiger partial charge on any atom is 0.147 e. The summed E-state index contributed by atoms with van der Waals surface area (Å²) in [5.41, 5.74) is 0.987. The Labute approximate surface area is 109 Å². The van der Waals surface area contributed by atoms with Crippen LogP contribution in [0.3, 0.4) is 0 Å². The van der Waals surface area contributed by atoms with Crippen LogP contribution >= 0.6 is 0 Å². The minimum absolute atomic E-state index is 0.521. The second-order valence-corrected chi connectivity index (χ2v) is 4.60. The molecule has 5 heteroatoms. The summed E-state index contributed by atoms with van der Waals surface area (Å²) in [6.07, 6.45) is 5.85. The fraction of sp³-hybridized carbons (Fsp3) is 0.692. The van der Waals surface area contributed by atoms with Crippen LogP contribution < -0.4 is 10.2 Å². The molecule has 0 spiro atoms. The first-order valence-electron chi connectivity index (χ1n) is 6.63. The minimum Gasteiger partial charge on any atom is -0.381 e. The highest BCUT2D eigenvalue weighted by Gasteiger charge is 2.19. The zero-order valence-electron chi connectivity index (χ0n) is 11.2. The largest absolute Gasteiger partial charge is 0.381 e. The number of hydrogen-bond donors (Lipinski definition) is 1. The molecule has 5 nitrogen and oxygen atoms in total. The summed E-state index contributed by atoms with van der Waals surface area (Å²) < 4.78 is 5.38. The van der Waals surface area contributed by atoms with E-state index in [1.807, 2.05) is 12.4 Å².